The van der Waals surface area contributed by atoms with Crippen molar-refractivity contribution in [2.75, 3.05) is 19.0 Å². The van der Waals surface area contributed by atoms with Gasteiger partial charge in [0.1, 0.15) is 12.4 Å². The van der Waals surface area contributed by atoms with Crippen molar-refractivity contribution in [1.82, 2.24) is 4.57 Å². The van der Waals surface area contributed by atoms with Gasteiger partial charge in [-0.3, -0.25) is 14.2 Å². The zero-order chi connectivity index (χ0) is 32.9. The van der Waals surface area contributed by atoms with Crippen molar-refractivity contribution in [3.8, 4) is 17.2 Å². The van der Waals surface area contributed by atoms with Crippen LogP contribution >= 0.6 is 22.9 Å². The number of carbonyl (C=O) groups excluding carboxylic acids is 1. The number of nitrogens with zero attached hydrogens (tertiary/aromatic N) is 2. The van der Waals surface area contributed by atoms with Crippen LogP contribution in [0.2, 0.25) is 5.02 Å². The number of methoxy groups -OCH3 is 1. The average molecular weight is 666 g/mol. The lowest BCUT2D eigenvalue weighted by Crippen LogP contribution is -2.40. The number of benzene rings is 4. The fourth-order valence-electron chi connectivity index (χ4n) is 5.35. The third kappa shape index (κ3) is 7.01. The first-order valence-corrected chi connectivity index (χ1v) is 16.2. The van der Waals surface area contributed by atoms with Crippen LogP contribution in [0.25, 0.3) is 6.08 Å². The minimum absolute atomic E-state index is 0.257. The molecule has 1 aliphatic rings. The molecule has 47 heavy (non-hydrogen) atoms. The van der Waals surface area contributed by atoms with Gasteiger partial charge in [-0.1, -0.05) is 71.5 Å². The fraction of sp³-hybridized carbons (Fsp3) is 0.162. The normalized spacial score (nSPS) is 14.3. The molecule has 5 aromatic rings. The summed E-state index contributed by atoms with van der Waals surface area (Å²) in [5.41, 5.74) is 3.80. The van der Waals surface area contributed by atoms with E-state index in [0.717, 1.165) is 16.7 Å². The molecule has 1 amide bonds. The van der Waals surface area contributed by atoms with Crippen LogP contribution in [-0.4, -0.2) is 24.2 Å². The maximum Gasteiger partial charge on any atom is 0.271 e. The first-order valence-electron chi connectivity index (χ1n) is 15.0. The van der Waals surface area contributed by atoms with E-state index >= 15 is 0 Å². The molecule has 1 atom stereocenters. The number of fused-ring (bicyclic) bond motifs is 1. The number of thiazole rings is 1. The smallest absolute Gasteiger partial charge is 0.271 e. The van der Waals surface area contributed by atoms with E-state index in [0.29, 0.717) is 61.8 Å². The predicted octanol–water partition coefficient (Wildman–Crippen LogP) is 6.51. The maximum atomic E-state index is 14.1. The van der Waals surface area contributed by atoms with E-state index < -0.39 is 6.04 Å². The Morgan fingerprint density at radius 3 is 2.43 bits per heavy atom. The number of aromatic nitrogens is 1. The van der Waals surface area contributed by atoms with Crippen LogP contribution < -0.4 is 34.4 Å². The molecule has 0 bridgehead atoms. The van der Waals surface area contributed by atoms with E-state index in [1.54, 1.807) is 24.7 Å². The molecule has 1 aliphatic heterocycles. The molecule has 6 rings (SSSR count). The van der Waals surface area contributed by atoms with Gasteiger partial charge >= 0.3 is 0 Å². The molecule has 238 valence electrons. The second-order valence-corrected chi connectivity index (χ2v) is 12.2. The molecule has 0 aliphatic carbocycles. The Bertz CT molecular complexity index is 2120. The minimum Gasteiger partial charge on any atom is -0.494 e. The lowest BCUT2D eigenvalue weighted by molar-refractivity contribution is -0.113. The molecule has 0 radical (unpaired) electrons. The number of hydrogen-bond acceptors (Lipinski definition) is 7. The predicted molar refractivity (Wildman–Crippen MR) is 185 cm³/mol. The van der Waals surface area contributed by atoms with E-state index in [4.69, 9.17) is 30.8 Å². The summed E-state index contributed by atoms with van der Waals surface area (Å²) in [6, 6.07) is 28.9. The lowest BCUT2D eigenvalue weighted by Gasteiger charge is -2.25. The Balaban J connectivity index is 1.37. The van der Waals surface area contributed by atoms with E-state index in [1.807, 2.05) is 104 Å². The number of carbonyl (C=O) groups is 1. The monoisotopic (exact) mass is 665 g/mol. The largest absolute Gasteiger partial charge is 0.494 e. The van der Waals surface area contributed by atoms with E-state index in [1.165, 1.54) is 11.3 Å². The molecule has 0 unspecified atom stereocenters. The molecule has 2 heterocycles. The maximum absolute atomic E-state index is 14.1. The van der Waals surface area contributed by atoms with Crippen molar-refractivity contribution < 1.29 is 19.0 Å². The second-order valence-electron chi connectivity index (χ2n) is 10.7. The first kappa shape index (κ1) is 31.8. The summed E-state index contributed by atoms with van der Waals surface area (Å²) in [7, 11) is 1.57. The number of ether oxygens (including phenoxy) is 3. The molecule has 0 saturated carbocycles. The first-order chi connectivity index (χ1) is 22.8. The van der Waals surface area contributed by atoms with Gasteiger partial charge in [0.05, 0.1) is 35.6 Å². The highest BCUT2D eigenvalue weighted by Crippen LogP contribution is 2.32. The Morgan fingerprint density at radius 1 is 0.979 bits per heavy atom. The Hall–Kier alpha value is -5.12. The number of rotatable bonds is 10. The van der Waals surface area contributed by atoms with Gasteiger partial charge in [0, 0.05) is 10.7 Å². The Morgan fingerprint density at radius 2 is 1.72 bits per heavy atom. The summed E-state index contributed by atoms with van der Waals surface area (Å²) in [6.07, 6.45) is 1.80. The fourth-order valence-corrected chi connectivity index (χ4v) is 6.52. The number of hydrogen-bond donors (Lipinski definition) is 1. The minimum atomic E-state index is -0.703. The van der Waals surface area contributed by atoms with Crippen molar-refractivity contribution in [3.05, 3.63) is 150 Å². The van der Waals surface area contributed by atoms with Crippen LogP contribution in [0.1, 0.15) is 36.6 Å². The third-order valence-corrected chi connectivity index (χ3v) is 8.83. The molecule has 1 N–H and O–H groups in total. The highest BCUT2D eigenvalue weighted by molar-refractivity contribution is 7.07. The van der Waals surface area contributed by atoms with Crippen molar-refractivity contribution in [3.63, 3.8) is 0 Å². The standard InChI is InChI=1S/C37H32ClN3O5S/c1-4-45-29-17-13-26(14-18-29)34-33(35(42)40-28-8-6-5-7-9-28)23(2)39-37-41(34)36(43)32(47-37)21-25-12-19-30(31(20-25)44-3)46-22-24-10-15-27(38)16-11-24/h5-21,34H,4,22H2,1-3H3,(H,40,42)/b32-21-/t34-/m0/s1. The van der Waals surface area contributed by atoms with Crippen molar-refractivity contribution in [2.45, 2.75) is 26.5 Å². The summed E-state index contributed by atoms with van der Waals surface area (Å²) in [4.78, 5) is 33.2. The SMILES string of the molecule is CCOc1ccc([C@H]2C(C(=O)Nc3ccccc3)=C(C)N=c3s/c(=C\c4ccc(OCc5ccc(Cl)cc5)c(OC)c4)c(=O)n32)cc1. The average Bonchev–Trinajstić information content (AvgIpc) is 3.38. The molecule has 0 saturated heterocycles. The quantitative estimate of drug-likeness (QED) is 0.184. The van der Waals surface area contributed by atoms with Gasteiger partial charge in [-0.05, 0) is 85.1 Å². The second kappa shape index (κ2) is 14.1. The summed E-state index contributed by atoms with van der Waals surface area (Å²) in [5, 5.41) is 3.64. The zero-order valence-corrected chi connectivity index (χ0v) is 27.6. The van der Waals surface area contributed by atoms with E-state index in [9.17, 15) is 9.59 Å². The van der Waals surface area contributed by atoms with Crippen LogP contribution in [0, 0.1) is 0 Å². The number of anilines is 1. The Kier molecular flexibility index (Phi) is 9.56. The Labute approximate surface area is 280 Å². The van der Waals surface area contributed by atoms with Crippen molar-refractivity contribution >= 4 is 40.6 Å². The number of para-hydroxylation sites is 1. The van der Waals surface area contributed by atoms with Crippen LogP contribution in [0.5, 0.6) is 17.2 Å². The van der Waals surface area contributed by atoms with Gasteiger partial charge in [-0.15, -0.1) is 0 Å². The molecule has 1 aromatic heterocycles. The third-order valence-electron chi connectivity index (χ3n) is 7.60. The zero-order valence-electron chi connectivity index (χ0n) is 26.0. The van der Waals surface area contributed by atoms with Gasteiger partial charge in [-0.2, -0.15) is 0 Å². The molecule has 4 aromatic carbocycles. The van der Waals surface area contributed by atoms with E-state index in [-0.39, 0.29) is 11.5 Å². The summed E-state index contributed by atoms with van der Waals surface area (Å²) in [5.74, 6) is 1.48. The lowest BCUT2D eigenvalue weighted by atomic mass is 9.95. The van der Waals surface area contributed by atoms with Crippen molar-refractivity contribution in [2.24, 2.45) is 4.99 Å². The van der Waals surface area contributed by atoms with Gasteiger partial charge in [0.2, 0.25) is 0 Å². The van der Waals surface area contributed by atoms with Crippen LogP contribution in [0.3, 0.4) is 0 Å². The summed E-state index contributed by atoms with van der Waals surface area (Å²) < 4.78 is 19.3. The summed E-state index contributed by atoms with van der Waals surface area (Å²) >= 11 is 7.27. The number of nitrogens with one attached hydrogen (secondary N) is 1. The highest BCUT2D eigenvalue weighted by atomic mass is 35.5. The van der Waals surface area contributed by atoms with E-state index in [2.05, 4.69) is 5.32 Å². The molecule has 0 spiro atoms. The molecule has 10 heteroatoms. The molecular weight excluding hydrogens is 634 g/mol. The molecular formula is C37H32ClN3O5S. The van der Waals surface area contributed by atoms with Gasteiger partial charge < -0.3 is 19.5 Å². The number of allylic oxidation sites excluding steroid dienone is 1. The van der Waals surface area contributed by atoms with Crippen LogP contribution in [-0.2, 0) is 11.4 Å². The van der Waals surface area contributed by atoms with Gasteiger partial charge in [-0.25, -0.2) is 4.99 Å². The summed E-state index contributed by atoms with van der Waals surface area (Å²) in [6.45, 7) is 4.59. The van der Waals surface area contributed by atoms with Gasteiger partial charge in [0.25, 0.3) is 11.5 Å². The van der Waals surface area contributed by atoms with Gasteiger partial charge in [0.15, 0.2) is 16.3 Å². The number of amides is 1. The number of halogens is 1. The van der Waals surface area contributed by atoms with Crippen LogP contribution in [0.4, 0.5) is 5.69 Å². The molecule has 8 nitrogen and oxygen atoms in total. The van der Waals surface area contributed by atoms with Crippen molar-refractivity contribution in [1.29, 1.82) is 0 Å². The molecule has 0 fully saturated rings. The van der Waals surface area contributed by atoms with Crippen LogP contribution in [0.15, 0.2) is 118 Å². The highest BCUT2D eigenvalue weighted by Gasteiger charge is 2.32. The topological polar surface area (TPSA) is 91.2 Å².